The summed E-state index contributed by atoms with van der Waals surface area (Å²) in [7, 11) is -5.39. The van der Waals surface area contributed by atoms with E-state index in [1.165, 1.54) is 12.1 Å². The molecule has 1 heterocycles. The molecule has 0 saturated carbocycles. The summed E-state index contributed by atoms with van der Waals surface area (Å²) in [4.78, 5) is 3.14. The van der Waals surface area contributed by atoms with Gasteiger partial charge in [-0.3, -0.25) is 4.90 Å². The molecule has 0 bridgehead atoms. The Bertz CT molecular complexity index is 881. The highest BCUT2D eigenvalue weighted by Gasteiger charge is 2.48. The fourth-order valence-corrected chi connectivity index (χ4v) is 4.07. The number of anilines is 1. The minimum Gasteiger partial charge on any atom is -0.492 e. The molecule has 0 radical (unpaired) electrons. The number of hydrogen-bond donors (Lipinski definition) is 0. The van der Waals surface area contributed by atoms with Crippen LogP contribution in [0.2, 0.25) is 0 Å². The summed E-state index contributed by atoms with van der Waals surface area (Å²) in [6.07, 6.45) is 0. The lowest BCUT2D eigenvalue weighted by atomic mass is 10.2. The van der Waals surface area contributed by atoms with E-state index in [4.69, 9.17) is 4.74 Å². The maximum absolute atomic E-state index is 13.0. The summed E-state index contributed by atoms with van der Waals surface area (Å²) in [5, 5.41) is 0. The minimum absolute atomic E-state index is 0.0972. The largest absolute Gasteiger partial charge is 0.501 e. The summed E-state index contributed by atoms with van der Waals surface area (Å²) in [5.74, 6) is 0.785. The summed E-state index contributed by atoms with van der Waals surface area (Å²) in [6.45, 7) is 3.29. The van der Waals surface area contributed by atoms with Gasteiger partial charge in [-0.25, -0.2) is 8.42 Å². The zero-order chi connectivity index (χ0) is 20.2. The highest BCUT2D eigenvalue weighted by atomic mass is 32.2. The number of alkyl halides is 3. The zero-order valence-electron chi connectivity index (χ0n) is 15.1. The van der Waals surface area contributed by atoms with Crippen LogP contribution >= 0.6 is 0 Å². The zero-order valence-corrected chi connectivity index (χ0v) is 15.9. The minimum atomic E-state index is -5.39. The van der Waals surface area contributed by atoms with Gasteiger partial charge in [0.25, 0.3) is 9.84 Å². The summed E-state index contributed by atoms with van der Waals surface area (Å²) in [5.41, 5.74) is -5.22. The quantitative estimate of drug-likeness (QED) is 0.727. The average Bonchev–Trinajstić information content (AvgIpc) is 2.68. The second-order valence-electron chi connectivity index (χ2n) is 6.41. The fraction of sp³-hybridized carbons (Fsp3) is 0.368. The maximum atomic E-state index is 13.0. The van der Waals surface area contributed by atoms with Crippen molar-refractivity contribution >= 4 is 15.5 Å². The van der Waals surface area contributed by atoms with Gasteiger partial charge in [0, 0.05) is 32.7 Å². The third-order valence-corrected chi connectivity index (χ3v) is 6.13. The molecule has 0 unspecified atom stereocenters. The second kappa shape index (κ2) is 8.40. The number of para-hydroxylation sites is 2. The molecular formula is C19H21F3N2O3S. The van der Waals surface area contributed by atoms with Crippen LogP contribution in [-0.4, -0.2) is 58.2 Å². The second-order valence-corrected chi connectivity index (χ2v) is 8.32. The number of halogens is 3. The molecule has 2 aromatic rings. The van der Waals surface area contributed by atoms with Crippen molar-refractivity contribution in [3.63, 3.8) is 0 Å². The van der Waals surface area contributed by atoms with Crippen LogP contribution in [-0.2, 0) is 9.84 Å². The number of hydrogen-bond acceptors (Lipinski definition) is 5. The first-order valence-corrected chi connectivity index (χ1v) is 10.3. The van der Waals surface area contributed by atoms with Gasteiger partial charge in [0.15, 0.2) is 0 Å². The van der Waals surface area contributed by atoms with Gasteiger partial charge in [-0.05, 0) is 24.3 Å². The fourth-order valence-electron chi connectivity index (χ4n) is 3.09. The highest BCUT2D eigenvalue weighted by Crippen LogP contribution is 2.36. The van der Waals surface area contributed by atoms with Gasteiger partial charge < -0.3 is 9.64 Å². The van der Waals surface area contributed by atoms with Crippen molar-refractivity contribution < 1.29 is 26.3 Å². The van der Waals surface area contributed by atoms with E-state index in [9.17, 15) is 21.6 Å². The third-order valence-electron chi connectivity index (χ3n) is 4.59. The molecule has 3 rings (SSSR count). The number of rotatable bonds is 6. The Morgan fingerprint density at radius 1 is 0.893 bits per heavy atom. The molecule has 5 nitrogen and oxygen atoms in total. The molecule has 0 spiro atoms. The Labute approximate surface area is 162 Å². The first kappa shape index (κ1) is 20.5. The van der Waals surface area contributed by atoms with Crippen molar-refractivity contribution in [1.29, 1.82) is 0 Å². The van der Waals surface area contributed by atoms with E-state index in [0.717, 1.165) is 11.8 Å². The molecule has 152 valence electrons. The number of ether oxygens (including phenoxy) is 1. The predicted molar refractivity (Wildman–Crippen MR) is 100 cm³/mol. The standard InChI is InChI=1S/C19H21F3N2O3S/c20-19(21,22)28(25,26)18-9-5-4-8-17(18)24-12-10-23(11-13-24)14-15-27-16-6-2-1-3-7-16/h1-9H,10-15H2. The van der Waals surface area contributed by atoms with Gasteiger partial charge in [0.1, 0.15) is 12.4 Å². The lowest BCUT2D eigenvalue weighted by molar-refractivity contribution is -0.0435. The predicted octanol–water partition coefficient (Wildman–Crippen LogP) is 3.18. The molecule has 0 atom stereocenters. The van der Waals surface area contributed by atoms with E-state index in [1.807, 2.05) is 30.3 Å². The van der Waals surface area contributed by atoms with Crippen molar-refractivity contribution in [1.82, 2.24) is 4.90 Å². The Morgan fingerprint density at radius 2 is 1.50 bits per heavy atom. The molecule has 0 aliphatic carbocycles. The van der Waals surface area contributed by atoms with E-state index < -0.39 is 20.2 Å². The van der Waals surface area contributed by atoms with Crippen LogP contribution in [0.1, 0.15) is 0 Å². The van der Waals surface area contributed by atoms with Gasteiger partial charge in [-0.15, -0.1) is 0 Å². The SMILES string of the molecule is O=S(=O)(c1ccccc1N1CCN(CCOc2ccccc2)CC1)C(F)(F)F. The average molecular weight is 414 g/mol. The molecule has 0 aromatic heterocycles. The molecule has 2 aromatic carbocycles. The Kier molecular flexibility index (Phi) is 6.14. The van der Waals surface area contributed by atoms with Crippen LogP contribution in [0.25, 0.3) is 0 Å². The highest BCUT2D eigenvalue weighted by molar-refractivity contribution is 7.92. The molecule has 1 aliphatic heterocycles. The van der Waals surface area contributed by atoms with Crippen molar-refractivity contribution in [2.45, 2.75) is 10.4 Å². The number of benzene rings is 2. The van der Waals surface area contributed by atoms with E-state index >= 15 is 0 Å². The molecule has 1 aliphatic rings. The van der Waals surface area contributed by atoms with Crippen LogP contribution in [0.3, 0.4) is 0 Å². The third kappa shape index (κ3) is 4.59. The summed E-state index contributed by atoms with van der Waals surface area (Å²) < 4.78 is 68.4. The summed E-state index contributed by atoms with van der Waals surface area (Å²) >= 11 is 0. The van der Waals surface area contributed by atoms with Gasteiger partial charge in [0.05, 0.1) is 10.6 Å². The van der Waals surface area contributed by atoms with Crippen LogP contribution in [0, 0.1) is 0 Å². The first-order chi connectivity index (χ1) is 13.3. The van der Waals surface area contributed by atoms with Gasteiger partial charge >= 0.3 is 5.51 Å². The first-order valence-electron chi connectivity index (χ1n) is 8.84. The monoisotopic (exact) mass is 414 g/mol. The Balaban J connectivity index is 1.60. The molecule has 0 amide bonds. The molecule has 1 fully saturated rings. The summed E-state index contributed by atoms with van der Waals surface area (Å²) in [6, 6.07) is 14.7. The van der Waals surface area contributed by atoms with Crippen molar-refractivity contribution in [2.24, 2.45) is 0 Å². The molecular weight excluding hydrogens is 393 g/mol. The normalized spacial score (nSPS) is 16.2. The molecule has 0 N–H and O–H groups in total. The van der Waals surface area contributed by atoms with E-state index in [-0.39, 0.29) is 5.69 Å². The molecule has 9 heteroatoms. The Hall–Kier alpha value is -2.26. The van der Waals surface area contributed by atoms with Gasteiger partial charge in [0.2, 0.25) is 0 Å². The van der Waals surface area contributed by atoms with Crippen LogP contribution in [0.4, 0.5) is 18.9 Å². The molecule has 28 heavy (non-hydrogen) atoms. The van der Waals surface area contributed by atoms with Crippen LogP contribution in [0.5, 0.6) is 5.75 Å². The van der Waals surface area contributed by atoms with Crippen LogP contribution in [0.15, 0.2) is 59.5 Å². The molecule has 1 saturated heterocycles. The van der Waals surface area contributed by atoms with E-state index in [2.05, 4.69) is 4.90 Å². The maximum Gasteiger partial charge on any atom is 0.501 e. The van der Waals surface area contributed by atoms with Gasteiger partial charge in [-0.2, -0.15) is 13.2 Å². The Morgan fingerprint density at radius 3 is 2.14 bits per heavy atom. The van der Waals surface area contributed by atoms with Gasteiger partial charge in [-0.1, -0.05) is 30.3 Å². The van der Waals surface area contributed by atoms with Crippen molar-refractivity contribution in [3.8, 4) is 5.75 Å². The van der Waals surface area contributed by atoms with Crippen molar-refractivity contribution in [3.05, 3.63) is 54.6 Å². The number of sulfone groups is 1. The van der Waals surface area contributed by atoms with Crippen molar-refractivity contribution in [2.75, 3.05) is 44.2 Å². The topological polar surface area (TPSA) is 49.9 Å². The van der Waals surface area contributed by atoms with E-state index in [0.29, 0.717) is 39.3 Å². The lowest BCUT2D eigenvalue weighted by Crippen LogP contribution is -2.48. The van der Waals surface area contributed by atoms with Crippen LogP contribution < -0.4 is 9.64 Å². The smallest absolute Gasteiger partial charge is 0.492 e. The lowest BCUT2D eigenvalue weighted by Gasteiger charge is -2.36. The van der Waals surface area contributed by atoms with E-state index in [1.54, 1.807) is 11.0 Å². The number of nitrogens with zero attached hydrogens (tertiary/aromatic N) is 2. The number of piperazine rings is 1.